The third kappa shape index (κ3) is 3.76. The highest BCUT2D eigenvalue weighted by Crippen LogP contribution is 2.27. The maximum Gasteiger partial charge on any atom is 0.232 e. The number of thioether (sulfide) groups is 1. The minimum Gasteiger partial charge on any atom is -0.378 e. The van der Waals surface area contributed by atoms with Crippen LogP contribution in [0.4, 0.5) is 5.95 Å². The zero-order chi connectivity index (χ0) is 17.8. The van der Waals surface area contributed by atoms with Crippen LogP contribution in [-0.4, -0.2) is 56.6 Å². The molecule has 3 aromatic rings. The Hall–Kier alpha value is -2.32. The molecule has 0 radical (unpaired) electrons. The number of benzene rings is 1. The molecule has 0 bridgehead atoms. The van der Waals surface area contributed by atoms with E-state index in [0.717, 1.165) is 55.4 Å². The molecule has 0 amide bonds. The lowest BCUT2D eigenvalue weighted by Crippen LogP contribution is -2.37. The molecular formula is C18H22N6OS. The third-order valence-corrected chi connectivity index (χ3v) is 5.22. The van der Waals surface area contributed by atoms with E-state index < -0.39 is 0 Å². The highest BCUT2D eigenvalue weighted by Gasteiger charge is 2.21. The number of nitrogens with zero attached hydrogens (tertiary/aromatic N) is 6. The molecule has 26 heavy (non-hydrogen) atoms. The predicted molar refractivity (Wildman–Crippen MR) is 102 cm³/mol. The Bertz CT molecular complexity index is 824. The lowest BCUT2D eigenvalue weighted by Gasteiger charge is -2.28. The monoisotopic (exact) mass is 370 g/mol. The highest BCUT2D eigenvalue weighted by atomic mass is 32.2. The normalized spacial score (nSPS) is 14.7. The van der Waals surface area contributed by atoms with Crippen LogP contribution in [0.25, 0.3) is 5.69 Å². The summed E-state index contributed by atoms with van der Waals surface area (Å²) in [6.45, 7) is 6.05. The van der Waals surface area contributed by atoms with Gasteiger partial charge in [0.15, 0.2) is 5.16 Å². The van der Waals surface area contributed by atoms with Gasteiger partial charge in [-0.2, -0.15) is 5.10 Å². The molecule has 136 valence electrons. The molecule has 1 fully saturated rings. The Kier molecular flexibility index (Phi) is 5.21. The maximum atomic E-state index is 5.48. The first-order valence-electron chi connectivity index (χ1n) is 8.76. The molecule has 1 aliphatic heterocycles. The van der Waals surface area contributed by atoms with Gasteiger partial charge in [-0.25, -0.2) is 0 Å². The molecule has 2 aromatic heterocycles. The van der Waals surface area contributed by atoms with E-state index in [9.17, 15) is 0 Å². The average molecular weight is 370 g/mol. The van der Waals surface area contributed by atoms with Gasteiger partial charge in [0.25, 0.3) is 0 Å². The van der Waals surface area contributed by atoms with Gasteiger partial charge in [0.1, 0.15) is 0 Å². The van der Waals surface area contributed by atoms with E-state index in [2.05, 4.69) is 56.0 Å². The molecule has 0 aliphatic carbocycles. The van der Waals surface area contributed by atoms with Crippen molar-refractivity contribution in [3.05, 3.63) is 48.3 Å². The molecule has 1 saturated heterocycles. The van der Waals surface area contributed by atoms with Gasteiger partial charge in [-0.3, -0.25) is 9.25 Å². The minimum atomic E-state index is 0.725. The SMILES string of the molecule is Cc1ccc(-n2c(SCCn3cccn3)nnc2N2CCOCC2)cc1. The van der Waals surface area contributed by atoms with Gasteiger partial charge < -0.3 is 9.64 Å². The Morgan fingerprint density at radius 3 is 2.65 bits per heavy atom. The largest absolute Gasteiger partial charge is 0.378 e. The van der Waals surface area contributed by atoms with Gasteiger partial charge in [-0.1, -0.05) is 29.5 Å². The van der Waals surface area contributed by atoms with E-state index in [1.165, 1.54) is 5.56 Å². The van der Waals surface area contributed by atoms with Crippen molar-refractivity contribution < 1.29 is 4.74 Å². The predicted octanol–water partition coefficient (Wildman–Crippen LogP) is 2.40. The quantitative estimate of drug-likeness (QED) is 0.621. The fraction of sp³-hybridized carbons (Fsp3) is 0.389. The first kappa shape index (κ1) is 17.1. The summed E-state index contributed by atoms with van der Waals surface area (Å²) in [5.74, 6) is 1.77. The maximum absolute atomic E-state index is 5.48. The molecule has 0 saturated carbocycles. The van der Waals surface area contributed by atoms with E-state index in [0.29, 0.717) is 0 Å². The summed E-state index contributed by atoms with van der Waals surface area (Å²) >= 11 is 1.70. The van der Waals surface area contributed by atoms with E-state index in [4.69, 9.17) is 4.74 Å². The first-order chi connectivity index (χ1) is 12.8. The second kappa shape index (κ2) is 7.92. The minimum absolute atomic E-state index is 0.725. The van der Waals surface area contributed by atoms with Crippen LogP contribution in [-0.2, 0) is 11.3 Å². The summed E-state index contributed by atoms with van der Waals surface area (Å²) in [5.41, 5.74) is 2.33. The zero-order valence-corrected chi connectivity index (χ0v) is 15.6. The summed E-state index contributed by atoms with van der Waals surface area (Å²) < 4.78 is 9.57. The first-order valence-corrected chi connectivity index (χ1v) is 9.75. The number of hydrogen-bond donors (Lipinski definition) is 0. The number of anilines is 1. The molecular weight excluding hydrogens is 348 g/mol. The van der Waals surface area contributed by atoms with Crippen LogP contribution >= 0.6 is 11.8 Å². The Morgan fingerprint density at radius 2 is 1.92 bits per heavy atom. The van der Waals surface area contributed by atoms with Gasteiger partial charge in [0.2, 0.25) is 5.95 Å². The zero-order valence-electron chi connectivity index (χ0n) is 14.8. The standard InChI is InChI=1S/C18H22N6OS/c1-15-3-5-16(6-4-15)24-17(22-9-12-25-13-10-22)20-21-18(24)26-14-11-23-8-2-7-19-23/h2-8H,9-14H2,1H3. The van der Waals surface area contributed by atoms with Crippen LogP contribution in [0.2, 0.25) is 0 Å². The number of morpholine rings is 1. The summed E-state index contributed by atoms with van der Waals surface area (Å²) in [7, 11) is 0. The van der Waals surface area contributed by atoms with Crippen LogP contribution in [0.5, 0.6) is 0 Å². The van der Waals surface area contributed by atoms with Gasteiger partial charge >= 0.3 is 0 Å². The topological polar surface area (TPSA) is 61.0 Å². The van der Waals surface area contributed by atoms with Crippen molar-refractivity contribution in [3.8, 4) is 5.69 Å². The van der Waals surface area contributed by atoms with Crippen LogP contribution in [0.3, 0.4) is 0 Å². The van der Waals surface area contributed by atoms with Gasteiger partial charge in [-0.05, 0) is 25.1 Å². The molecule has 0 N–H and O–H groups in total. The molecule has 3 heterocycles. The summed E-state index contributed by atoms with van der Waals surface area (Å²) in [4.78, 5) is 2.24. The molecule has 0 unspecified atom stereocenters. The van der Waals surface area contributed by atoms with E-state index >= 15 is 0 Å². The van der Waals surface area contributed by atoms with Crippen LogP contribution < -0.4 is 4.90 Å². The van der Waals surface area contributed by atoms with Crippen molar-refractivity contribution in [3.63, 3.8) is 0 Å². The molecule has 1 aromatic carbocycles. The van der Waals surface area contributed by atoms with Crippen LogP contribution in [0, 0.1) is 6.92 Å². The second-order valence-corrected chi connectivity index (χ2v) is 7.23. The lowest BCUT2D eigenvalue weighted by molar-refractivity contribution is 0.122. The number of ether oxygens (including phenoxy) is 1. The third-order valence-electron chi connectivity index (χ3n) is 4.31. The van der Waals surface area contributed by atoms with Crippen molar-refractivity contribution in [2.75, 3.05) is 37.0 Å². The van der Waals surface area contributed by atoms with Gasteiger partial charge in [0, 0.05) is 31.2 Å². The summed E-state index contributed by atoms with van der Waals surface area (Å²) in [6.07, 6.45) is 3.78. The molecule has 1 aliphatic rings. The molecule has 0 atom stereocenters. The van der Waals surface area contributed by atoms with Crippen molar-refractivity contribution in [2.45, 2.75) is 18.6 Å². The summed E-state index contributed by atoms with van der Waals surface area (Å²) in [6, 6.07) is 10.4. The smallest absolute Gasteiger partial charge is 0.232 e. The Morgan fingerprint density at radius 1 is 1.12 bits per heavy atom. The Labute approximate surface area is 157 Å². The Balaban J connectivity index is 1.59. The molecule has 8 heteroatoms. The number of rotatable bonds is 6. The van der Waals surface area contributed by atoms with E-state index in [-0.39, 0.29) is 0 Å². The van der Waals surface area contributed by atoms with Crippen molar-refractivity contribution in [2.24, 2.45) is 0 Å². The van der Waals surface area contributed by atoms with Crippen molar-refractivity contribution >= 4 is 17.7 Å². The van der Waals surface area contributed by atoms with Crippen LogP contribution in [0.1, 0.15) is 5.56 Å². The summed E-state index contributed by atoms with van der Waals surface area (Å²) in [5, 5.41) is 14.1. The number of aromatic nitrogens is 5. The average Bonchev–Trinajstić information content (AvgIpc) is 3.33. The second-order valence-electron chi connectivity index (χ2n) is 6.17. The molecule has 7 nitrogen and oxygen atoms in total. The van der Waals surface area contributed by atoms with Gasteiger partial charge in [0.05, 0.1) is 25.4 Å². The molecule has 4 rings (SSSR count). The number of hydrogen-bond acceptors (Lipinski definition) is 6. The van der Waals surface area contributed by atoms with E-state index in [1.807, 2.05) is 16.9 Å². The molecule has 0 spiro atoms. The fourth-order valence-corrected chi connectivity index (χ4v) is 3.78. The lowest BCUT2D eigenvalue weighted by atomic mass is 10.2. The van der Waals surface area contributed by atoms with Crippen molar-refractivity contribution in [1.29, 1.82) is 0 Å². The highest BCUT2D eigenvalue weighted by molar-refractivity contribution is 7.99. The van der Waals surface area contributed by atoms with E-state index in [1.54, 1.807) is 18.0 Å². The fourth-order valence-electron chi connectivity index (χ4n) is 2.91. The van der Waals surface area contributed by atoms with Gasteiger partial charge in [-0.15, -0.1) is 10.2 Å². The van der Waals surface area contributed by atoms with Crippen molar-refractivity contribution in [1.82, 2.24) is 24.5 Å². The van der Waals surface area contributed by atoms with Crippen LogP contribution in [0.15, 0.2) is 47.9 Å². The number of aryl methyl sites for hydroxylation is 2.